The van der Waals surface area contributed by atoms with Crippen LogP contribution in [0.4, 0.5) is 5.82 Å². The topological polar surface area (TPSA) is 52.6 Å². The number of hydrogen-bond acceptors (Lipinski definition) is 5. The summed E-state index contributed by atoms with van der Waals surface area (Å²) in [6, 6.07) is 2.46. The van der Waals surface area contributed by atoms with Gasteiger partial charge in [-0.15, -0.1) is 0 Å². The van der Waals surface area contributed by atoms with Crippen LogP contribution >= 0.6 is 0 Å². The summed E-state index contributed by atoms with van der Waals surface area (Å²) in [5.41, 5.74) is 1.02. The van der Waals surface area contributed by atoms with E-state index in [1.807, 2.05) is 18.9 Å². The van der Waals surface area contributed by atoms with E-state index in [0.29, 0.717) is 12.0 Å². The van der Waals surface area contributed by atoms with Gasteiger partial charge in [0.05, 0.1) is 6.04 Å². The zero-order valence-electron chi connectivity index (χ0n) is 18.3. The lowest BCUT2D eigenvalue weighted by Gasteiger charge is -2.40. The molecular weight excluding hydrogens is 350 g/mol. The van der Waals surface area contributed by atoms with Gasteiger partial charge in [-0.3, -0.25) is 9.69 Å². The van der Waals surface area contributed by atoms with Crippen LogP contribution in [0.5, 0.6) is 0 Å². The zero-order chi connectivity index (χ0) is 20.3. The lowest BCUT2D eigenvalue weighted by Crippen LogP contribution is -2.55. The predicted octanol–water partition coefficient (Wildman–Crippen LogP) is 3.21. The van der Waals surface area contributed by atoms with E-state index >= 15 is 0 Å². The van der Waals surface area contributed by atoms with Crippen LogP contribution in [-0.4, -0.2) is 71.0 Å². The van der Waals surface area contributed by atoms with Crippen molar-refractivity contribution < 1.29 is 4.79 Å². The average Bonchev–Trinajstić information content (AvgIpc) is 2.72. The number of aromatic nitrogens is 2. The molecule has 156 valence electrons. The van der Waals surface area contributed by atoms with E-state index in [9.17, 15) is 4.79 Å². The van der Waals surface area contributed by atoms with Gasteiger partial charge in [-0.1, -0.05) is 33.1 Å². The molecule has 0 spiro atoms. The van der Waals surface area contributed by atoms with Crippen molar-refractivity contribution in [1.82, 2.24) is 19.8 Å². The monoisotopic (exact) mass is 387 g/mol. The Hall–Kier alpha value is -1.69. The van der Waals surface area contributed by atoms with E-state index in [1.54, 1.807) is 0 Å². The van der Waals surface area contributed by atoms with Gasteiger partial charge in [0.2, 0.25) is 5.91 Å². The van der Waals surface area contributed by atoms with Crippen LogP contribution in [0.2, 0.25) is 0 Å². The average molecular weight is 388 g/mol. The van der Waals surface area contributed by atoms with Crippen molar-refractivity contribution in [2.45, 2.75) is 77.8 Å². The minimum absolute atomic E-state index is 0.0487. The summed E-state index contributed by atoms with van der Waals surface area (Å²) in [5.74, 6) is 2.54. The molecule has 0 N–H and O–H groups in total. The first kappa shape index (κ1) is 21.0. The van der Waals surface area contributed by atoms with Crippen LogP contribution in [0.15, 0.2) is 6.07 Å². The van der Waals surface area contributed by atoms with Crippen LogP contribution in [0, 0.1) is 6.92 Å². The van der Waals surface area contributed by atoms with Crippen molar-refractivity contribution in [2.75, 3.05) is 38.1 Å². The quantitative estimate of drug-likeness (QED) is 0.776. The number of hydrogen-bond donors (Lipinski definition) is 0. The van der Waals surface area contributed by atoms with Crippen LogP contribution in [-0.2, 0) is 4.79 Å². The highest BCUT2D eigenvalue weighted by Crippen LogP contribution is 2.23. The molecule has 0 radical (unpaired) electrons. The van der Waals surface area contributed by atoms with Gasteiger partial charge in [0, 0.05) is 56.9 Å². The Kier molecular flexibility index (Phi) is 6.91. The third kappa shape index (κ3) is 4.83. The largest absolute Gasteiger partial charge is 0.354 e. The van der Waals surface area contributed by atoms with Crippen molar-refractivity contribution in [1.29, 1.82) is 0 Å². The van der Waals surface area contributed by atoms with E-state index < -0.39 is 0 Å². The predicted molar refractivity (Wildman–Crippen MR) is 114 cm³/mol. The maximum Gasteiger partial charge on any atom is 0.239 e. The van der Waals surface area contributed by atoms with Gasteiger partial charge in [0.25, 0.3) is 0 Å². The van der Waals surface area contributed by atoms with Gasteiger partial charge in [-0.2, -0.15) is 0 Å². The Balaban J connectivity index is 1.58. The number of anilines is 1. The van der Waals surface area contributed by atoms with Gasteiger partial charge in [0.1, 0.15) is 11.6 Å². The molecule has 1 unspecified atom stereocenters. The maximum atomic E-state index is 13.0. The van der Waals surface area contributed by atoms with E-state index in [1.165, 1.54) is 19.3 Å². The molecule has 6 nitrogen and oxygen atoms in total. The molecule has 2 fully saturated rings. The van der Waals surface area contributed by atoms with Gasteiger partial charge in [-0.25, -0.2) is 9.97 Å². The van der Waals surface area contributed by atoms with E-state index in [4.69, 9.17) is 4.98 Å². The second-order valence-corrected chi connectivity index (χ2v) is 8.82. The Labute approximate surface area is 170 Å². The summed E-state index contributed by atoms with van der Waals surface area (Å²) in [6.07, 6.45) is 6.15. The number of carbonyl (C=O) groups is 1. The maximum absolute atomic E-state index is 13.0. The molecule has 2 aliphatic rings. The zero-order valence-corrected chi connectivity index (χ0v) is 18.3. The van der Waals surface area contributed by atoms with Crippen molar-refractivity contribution in [3.63, 3.8) is 0 Å². The third-order valence-corrected chi connectivity index (χ3v) is 6.39. The van der Waals surface area contributed by atoms with Crippen LogP contribution in [0.25, 0.3) is 0 Å². The van der Waals surface area contributed by atoms with Crippen molar-refractivity contribution in [2.24, 2.45) is 0 Å². The highest BCUT2D eigenvalue weighted by Gasteiger charge is 2.31. The first-order valence-electron chi connectivity index (χ1n) is 11.0. The molecule has 3 rings (SSSR count). The SMILES string of the molecule is Cc1cc(N2CCN(C(C)C(=O)N(C)C3CCCCC3)CC2)nc(C(C)C)n1. The lowest BCUT2D eigenvalue weighted by molar-refractivity contribution is -0.138. The first-order valence-corrected chi connectivity index (χ1v) is 11.0. The molecule has 2 heterocycles. The smallest absolute Gasteiger partial charge is 0.239 e. The van der Waals surface area contributed by atoms with Crippen LogP contribution in [0.1, 0.15) is 70.3 Å². The molecule has 1 amide bonds. The molecule has 1 aromatic rings. The number of nitrogens with zero attached hydrogens (tertiary/aromatic N) is 5. The second-order valence-electron chi connectivity index (χ2n) is 8.82. The fraction of sp³-hybridized carbons (Fsp3) is 0.773. The summed E-state index contributed by atoms with van der Waals surface area (Å²) in [4.78, 5) is 29.0. The molecular formula is C22H37N5O. The molecule has 1 aliphatic carbocycles. The highest BCUT2D eigenvalue weighted by atomic mass is 16.2. The second kappa shape index (κ2) is 9.21. The van der Waals surface area contributed by atoms with Crippen molar-refractivity contribution in [3.05, 3.63) is 17.6 Å². The van der Waals surface area contributed by atoms with E-state index in [2.05, 4.69) is 41.6 Å². The fourth-order valence-electron chi connectivity index (χ4n) is 4.43. The molecule has 6 heteroatoms. The number of amides is 1. The van der Waals surface area contributed by atoms with Gasteiger partial charge >= 0.3 is 0 Å². The lowest BCUT2D eigenvalue weighted by atomic mass is 9.94. The van der Waals surface area contributed by atoms with Crippen molar-refractivity contribution in [3.8, 4) is 0 Å². The Morgan fingerprint density at radius 1 is 1.07 bits per heavy atom. The third-order valence-electron chi connectivity index (χ3n) is 6.39. The fourth-order valence-corrected chi connectivity index (χ4v) is 4.43. The Morgan fingerprint density at radius 2 is 1.71 bits per heavy atom. The minimum atomic E-state index is -0.0487. The molecule has 1 atom stereocenters. The Morgan fingerprint density at radius 3 is 2.32 bits per heavy atom. The van der Waals surface area contributed by atoms with Gasteiger partial charge in [0.15, 0.2) is 0 Å². The minimum Gasteiger partial charge on any atom is -0.354 e. The number of rotatable bonds is 5. The molecule has 1 saturated heterocycles. The van der Waals surface area contributed by atoms with Gasteiger partial charge in [-0.05, 0) is 26.7 Å². The number of piperazine rings is 1. The van der Waals surface area contributed by atoms with Gasteiger partial charge < -0.3 is 9.80 Å². The molecule has 28 heavy (non-hydrogen) atoms. The summed E-state index contributed by atoms with van der Waals surface area (Å²) in [6.45, 7) is 12.0. The number of likely N-dealkylation sites (N-methyl/N-ethyl adjacent to an activating group) is 1. The summed E-state index contributed by atoms with van der Waals surface area (Å²) in [5, 5.41) is 0. The first-order chi connectivity index (χ1) is 13.4. The highest BCUT2D eigenvalue weighted by molar-refractivity contribution is 5.81. The van der Waals surface area contributed by atoms with Crippen LogP contribution in [0.3, 0.4) is 0 Å². The molecule has 0 bridgehead atoms. The van der Waals surface area contributed by atoms with E-state index in [0.717, 1.165) is 56.4 Å². The van der Waals surface area contributed by atoms with Crippen molar-refractivity contribution >= 4 is 11.7 Å². The molecule has 0 aromatic carbocycles. The summed E-state index contributed by atoms with van der Waals surface area (Å²) < 4.78 is 0. The Bertz CT molecular complexity index is 663. The molecule has 1 aromatic heterocycles. The van der Waals surface area contributed by atoms with E-state index in [-0.39, 0.29) is 11.9 Å². The number of carbonyl (C=O) groups excluding carboxylic acids is 1. The summed E-state index contributed by atoms with van der Waals surface area (Å²) >= 11 is 0. The standard InChI is InChI=1S/C22H37N5O/c1-16(2)21-23-17(3)15-20(24-21)27-13-11-26(12-14-27)18(4)22(28)25(5)19-9-7-6-8-10-19/h15-16,18-19H,6-14H2,1-5H3. The molecule has 1 saturated carbocycles. The van der Waals surface area contributed by atoms with Crippen LogP contribution < -0.4 is 4.90 Å². The summed E-state index contributed by atoms with van der Waals surface area (Å²) in [7, 11) is 2.00. The molecule has 1 aliphatic heterocycles. The number of aryl methyl sites for hydroxylation is 1. The normalized spacial score (nSPS) is 20.4.